The number of oxime groups is 1. The molecule has 0 fully saturated rings. The Balaban J connectivity index is 2.35. The van der Waals surface area contributed by atoms with Crippen molar-refractivity contribution in [1.82, 2.24) is 9.97 Å². The fourth-order valence-electron chi connectivity index (χ4n) is 1.94. The molecule has 9 heteroatoms. The van der Waals surface area contributed by atoms with Gasteiger partial charge in [0.15, 0.2) is 5.92 Å². The van der Waals surface area contributed by atoms with E-state index in [1.54, 1.807) is 13.8 Å². The number of esters is 2. The number of aromatic nitrogens is 2. The van der Waals surface area contributed by atoms with Gasteiger partial charge in [0.25, 0.3) is 0 Å². The largest absolute Gasteiger partial charge is 0.465 e. The van der Waals surface area contributed by atoms with Crippen LogP contribution in [-0.2, 0) is 23.9 Å². The number of rotatable bonds is 5. The third kappa shape index (κ3) is 3.16. The zero-order valence-electron chi connectivity index (χ0n) is 12.0. The second kappa shape index (κ2) is 7.17. The average molecular weight is 328 g/mol. The van der Waals surface area contributed by atoms with Crippen molar-refractivity contribution in [2.24, 2.45) is 11.1 Å². The SMILES string of the molecule is CCOC(=O)C1ON=C(c2ncncc2Cl)C1C(=O)OCC. The highest BCUT2D eigenvalue weighted by molar-refractivity contribution is 6.34. The van der Waals surface area contributed by atoms with Crippen molar-refractivity contribution in [3.8, 4) is 0 Å². The summed E-state index contributed by atoms with van der Waals surface area (Å²) >= 11 is 6.01. The van der Waals surface area contributed by atoms with Gasteiger partial charge in [0.2, 0.25) is 6.10 Å². The number of carbonyl (C=O) groups excluding carboxylic acids is 2. The lowest BCUT2D eigenvalue weighted by Crippen LogP contribution is -2.39. The van der Waals surface area contributed by atoms with E-state index in [0.717, 1.165) is 0 Å². The van der Waals surface area contributed by atoms with Gasteiger partial charge in [-0.25, -0.2) is 14.8 Å². The van der Waals surface area contributed by atoms with Crippen molar-refractivity contribution in [3.05, 3.63) is 23.2 Å². The predicted octanol–water partition coefficient (Wildman–Crippen LogP) is 0.975. The van der Waals surface area contributed by atoms with Crippen molar-refractivity contribution in [3.63, 3.8) is 0 Å². The number of hydrogen-bond acceptors (Lipinski definition) is 8. The maximum absolute atomic E-state index is 12.2. The lowest BCUT2D eigenvalue weighted by Gasteiger charge is -2.16. The minimum Gasteiger partial charge on any atom is -0.465 e. The maximum Gasteiger partial charge on any atom is 0.351 e. The molecule has 22 heavy (non-hydrogen) atoms. The van der Waals surface area contributed by atoms with Gasteiger partial charge in [-0.15, -0.1) is 0 Å². The van der Waals surface area contributed by atoms with E-state index >= 15 is 0 Å². The second-order valence-electron chi connectivity index (χ2n) is 4.20. The van der Waals surface area contributed by atoms with Crippen LogP contribution in [0.2, 0.25) is 5.02 Å². The second-order valence-corrected chi connectivity index (χ2v) is 4.61. The van der Waals surface area contributed by atoms with Crippen molar-refractivity contribution >= 4 is 29.3 Å². The molecule has 118 valence electrons. The lowest BCUT2D eigenvalue weighted by atomic mass is 9.95. The van der Waals surface area contributed by atoms with Crippen LogP contribution < -0.4 is 0 Å². The van der Waals surface area contributed by atoms with Crippen LogP contribution >= 0.6 is 11.6 Å². The average Bonchev–Trinajstić information content (AvgIpc) is 2.93. The molecular weight excluding hydrogens is 314 g/mol. The molecule has 1 aromatic heterocycles. The highest BCUT2D eigenvalue weighted by Gasteiger charge is 2.48. The van der Waals surface area contributed by atoms with Crippen molar-refractivity contribution < 1.29 is 23.9 Å². The van der Waals surface area contributed by atoms with Crippen LogP contribution in [0.25, 0.3) is 0 Å². The molecular formula is C13H14ClN3O5. The van der Waals surface area contributed by atoms with Gasteiger partial charge in [-0.3, -0.25) is 4.79 Å². The molecule has 1 aliphatic rings. The third-order valence-electron chi connectivity index (χ3n) is 2.83. The van der Waals surface area contributed by atoms with Crippen LogP contribution in [0, 0.1) is 5.92 Å². The van der Waals surface area contributed by atoms with E-state index in [-0.39, 0.29) is 29.6 Å². The molecule has 1 aromatic rings. The van der Waals surface area contributed by atoms with E-state index in [9.17, 15) is 9.59 Å². The normalized spacial score (nSPS) is 20.0. The molecule has 0 aromatic carbocycles. The molecule has 8 nitrogen and oxygen atoms in total. The summed E-state index contributed by atoms with van der Waals surface area (Å²) in [7, 11) is 0. The van der Waals surface area contributed by atoms with E-state index in [0.29, 0.717) is 0 Å². The predicted molar refractivity (Wildman–Crippen MR) is 75.2 cm³/mol. The van der Waals surface area contributed by atoms with Crippen LogP contribution in [0.3, 0.4) is 0 Å². The molecule has 0 N–H and O–H groups in total. The zero-order valence-corrected chi connectivity index (χ0v) is 12.7. The molecule has 0 radical (unpaired) electrons. The number of nitrogens with zero attached hydrogens (tertiary/aromatic N) is 3. The van der Waals surface area contributed by atoms with Crippen LogP contribution in [-0.4, -0.2) is 46.9 Å². The molecule has 0 spiro atoms. The Morgan fingerprint density at radius 3 is 2.59 bits per heavy atom. The van der Waals surface area contributed by atoms with Gasteiger partial charge in [-0.1, -0.05) is 16.8 Å². The van der Waals surface area contributed by atoms with Gasteiger partial charge < -0.3 is 14.3 Å². The summed E-state index contributed by atoms with van der Waals surface area (Å²) in [6.45, 7) is 3.60. The fraction of sp³-hybridized carbons (Fsp3) is 0.462. The molecule has 2 heterocycles. The Bertz CT molecular complexity index is 607. The van der Waals surface area contributed by atoms with Crippen LogP contribution in [0.5, 0.6) is 0 Å². The van der Waals surface area contributed by atoms with Crippen LogP contribution in [0.15, 0.2) is 17.7 Å². The highest BCUT2D eigenvalue weighted by Crippen LogP contribution is 2.27. The van der Waals surface area contributed by atoms with Gasteiger partial charge in [-0.05, 0) is 13.8 Å². The molecule has 0 aliphatic carbocycles. The lowest BCUT2D eigenvalue weighted by molar-refractivity contribution is -0.164. The first-order valence-corrected chi connectivity index (χ1v) is 7.00. The number of hydrogen-bond donors (Lipinski definition) is 0. The molecule has 0 bridgehead atoms. The Morgan fingerprint density at radius 2 is 1.95 bits per heavy atom. The zero-order chi connectivity index (χ0) is 16.1. The Hall–Kier alpha value is -2.22. The van der Waals surface area contributed by atoms with Gasteiger partial charge >= 0.3 is 11.9 Å². The summed E-state index contributed by atoms with van der Waals surface area (Å²) in [4.78, 5) is 36.9. The van der Waals surface area contributed by atoms with Crippen molar-refractivity contribution in [1.29, 1.82) is 0 Å². The van der Waals surface area contributed by atoms with E-state index in [2.05, 4.69) is 15.1 Å². The number of halogens is 1. The smallest absolute Gasteiger partial charge is 0.351 e. The maximum atomic E-state index is 12.2. The summed E-state index contributed by atoms with van der Waals surface area (Å²) in [5.41, 5.74) is 0.324. The van der Waals surface area contributed by atoms with Gasteiger partial charge in [-0.2, -0.15) is 0 Å². The quantitative estimate of drug-likeness (QED) is 0.743. The number of ether oxygens (including phenoxy) is 2. The van der Waals surface area contributed by atoms with E-state index in [1.807, 2.05) is 0 Å². The topological polar surface area (TPSA) is 100.0 Å². The summed E-state index contributed by atoms with van der Waals surface area (Å²) in [5.74, 6) is -2.46. The highest BCUT2D eigenvalue weighted by atomic mass is 35.5. The Morgan fingerprint density at radius 1 is 1.27 bits per heavy atom. The summed E-state index contributed by atoms with van der Waals surface area (Å²) in [6.07, 6.45) is 1.38. The summed E-state index contributed by atoms with van der Waals surface area (Å²) < 4.78 is 9.87. The first kappa shape index (κ1) is 16.2. The minimum atomic E-state index is -1.22. The molecule has 2 atom stereocenters. The molecule has 0 saturated carbocycles. The van der Waals surface area contributed by atoms with Crippen molar-refractivity contribution in [2.45, 2.75) is 20.0 Å². The minimum absolute atomic E-state index is 0.115. The molecule has 2 rings (SSSR count). The summed E-state index contributed by atoms with van der Waals surface area (Å²) in [6, 6.07) is 0. The van der Waals surface area contributed by atoms with E-state index in [1.165, 1.54) is 12.5 Å². The van der Waals surface area contributed by atoms with E-state index in [4.69, 9.17) is 25.9 Å². The van der Waals surface area contributed by atoms with Crippen molar-refractivity contribution in [2.75, 3.05) is 13.2 Å². The first-order chi connectivity index (χ1) is 10.6. The van der Waals surface area contributed by atoms with Crippen LogP contribution in [0.4, 0.5) is 0 Å². The fourth-order valence-corrected chi connectivity index (χ4v) is 2.14. The summed E-state index contributed by atoms with van der Waals surface area (Å²) in [5, 5.41) is 3.96. The molecule has 0 saturated heterocycles. The van der Waals surface area contributed by atoms with Crippen LogP contribution in [0.1, 0.15) is 19.5 Å². The van der Waals surface area contributed by atoms with E-state index < -0.39 is 24.0 Å². The van der Waals surface area contributed by atoms with Gasteiger partial charge in [0.1, 0.15) is 17.7 Å². The standard InChI is InChI=1S/C13H14ClN3O5/c1-3-20-12(18)8-10(9-7(14)5-15-6-16-9)17-22-11(8)13(19)21-4-2/h5-6,8,11H,3-4H2,1-2H3. The molecule has 1 aliphatic heterocycles. The number of carbonyl (C=O) groups is 2. The van der Waals surface area contributed by atoms with Gasteiger partial charge in [0, 0.05) is 6.20 Å². The third-order valence-corrected chi connectivity index (χ3v) is 3.11. The Kier molecular flexibility index (Phi) is 5.26. The Labute approximate surface area is 131 Å². The van der Waals surface area contributed by atoms with Gasteiger partial charge in [0.05, 0.1) is 18.2 Å². The first-order valence-electron chi connectivity index (χ1n) is 6.63. The molecule has 0 amide bonds. The monoisotopic (exact) mass is 327 g/mol. The molecule has 2 unspecified atom stereocenters.